The number of carbonyl (C=O) groups excluding carboxylic acids is 2. The van der Waals surface area contributed by atoms with Crippen molar-refractivity contribution in [3.63, 3.8) is 0 Å². The molecule has 0 saturated carbocycles. The Morgan fingerprint density at radius 1 is 1.09 bits per heavy atom. The number of amides is 2. The molecule has 2 amide bonds. The Labute approximate surface area is 199 Å². The van der Waals surface area contributed by atoms with Crippen LogP contribution in [0.2, 0.25) is 0 Å². The Kier molecular flexibility index (Phi) is 6.58. The molecule has 0 bridgehead atoms. The maximum absolute atomic E-state index is 13.2. The number of morpholine rings is 1. The lowest BCUT2D eigenvalue weighted by Gasteiger charge is -2.30. The first-order valence-electron chi connectivity index (χ1n) is 11.7. The van der Waals surface area contributed by atoms with Gasteiger partial charge >= 0.3 is 6.09 Å². The highest BCUT2D eigenvalue weighted by molar-refractivity contribution is 5.98. The third kappa shape index (κ3) is 4.89. The van der Waals surface area contributed by atoms with Gasteiger partial charge in [-0.1, -0.05) is 0 Å². The summed E-state index contributed by atoms with van der Waals surface area (Å²) in [6.45, 7) is 8.36. The van der Waals surface area contributed by atoms with Crippen molar-refractivity contribution in [1.29, 1.82) is 0 Å². The van der Waals surface area contributed by atoms with Gasteiger partial charge in [-0.05, 0) is 45.7 Å². The number of hydrogen-bond acceptors (Lipinski definition) is 7. The van der Waals surface area contributed by atoms with Gasteiger partial charge in [0.05, 0.1) is 24.6 Å². The number of anilines is 1. The third-order valence-corrected chi connectivity index (χ3v) is 6.06. The molecule has 1 atom stereocenters. The number of likely N-dealkylation sites (tertiary alicyclic amines) is 1. The van der Waals surface area contributed by atoms with E-state index in [4.69, 9.17) is 13.9 Å². The van der Waals surface area contributed by atoms with Crippen LogP contribution in [-0.4, -0.2) is 74.3 Å². The Bertz CT molecular complexity index is 1140. The van der Waals surface area contributed by atoms with Crippen molar-refractivity contribution < 1.29 is 23.5 Å². The second-order valence-corrected chi connectivity index (χ2v) is 10.0. The summed E-state index contributed by atoms with van der Waals surface area (Å²) in [5, 5.41) is 0.329. The Hall–Kier alpha value is -3.07. The van der Waals surface area contributed by atoms with Crippen LogP contribution in [-0.2, 0) is 9.47 Å². The van der Waals surface area contributed by atoms with E-state index in [9.17, 15) is 14.4 Å². The van der Waals surface area contributed by atoms with E-state index in [1.54, 1.807) is 31.1 Å². The first-order chi connectivity index (χ1) is 16.0. The van der Waals surface area contributed by atoms with Gasteiger partial charge in [-0.25, -0.2) is 4.79 Å². The average Bonchev–Trinajstić information content (AvgIpc) is 3.27. The van der Waals surface area contributed by atoms with Gasteiger partial charge in [0, 0.05) is 50.9 Å². The number of fused-ring (bicyclic) bond motifs is 1. The summed E-state index contributed by atoms with van der Waals surface area (Å²) in [4.78, 5) is 44.2. The maximum atomic E-state index is 13.2. The molecule has 0 unspecified atom stereocenters. The van der Waals surface area contributed by atoms with E-state index in [-0.39, 0.29) is 17.4 Å². The molecule has 2 aliphatic rings. The van der Waals surface area contributed by atoms with E-state index >= 15 is 0 Å². The van der Waals surface area contributed by atoms with Crippen molar-refractivity contribution in [2.75, 3.05) is 51.8 Å². The fourth-order valence-corrected chi connectivity index (χ4v) is 4.47. The van der Waals surface area contributed by atoms with Gasteiger partial charge in [-0.15, -0.1) is 0 Å². The summed E-state index contributed by atoms with van der Waals surface area (Å²) in [7, 11) is 3.33. The molecule has 2 aromatic rings. The Morgan fingerprint density at radius 2 is 1.79 bits per heavy atom. The molecule has 9 nitrogen and oxygen atoms in total. The van der Waals surface area contributed by atoms with Crippen LogP contribution in [0, 0.1) is 0 Å². The minimum Gasteiger partial charge on any atom is -0.444 e. The van der Waals surface area contributed by atoms with E-state index in [0.29, 0.717) is 67.2 Å². The van der Waals surface area contributed by atoms with E-state index in [2.05, 4.69) is 0 Å². The number of hydrogen-bond donors (Lipinski definition) is 0. The molecule has 3 heterocycles. The van der Waals surface area contributed by atoms with Crippen molar-refractivity contribution in [2.45, 2.75) is 45.3 Å². The molecule has 1 aromatic heterocycles. The summed E-state index contributed by atoms with van der Waals surface area (Å²) in [5.74, 6) is 0.247. The molecule has 0 N–H and O–H groups in total. The highest BCUT2D eigenvalue weighted by Gasteiger charge is 2.35. The fourth-order valence-electron chi connectivity index (χ4n) is 4.47. The molecular formula is C25H33N3O6. The first-order valence-corrected chi connectivity index (χ1v) is 11.7. The molecule has 2 fully saturated rings. The summed E-state index contributed by atoms with van der Waals surface area (Å²) in [6.07, 6.45) is 1.04. The molecule has 184 valence electrons. The maximum Gasteiger partial charge on any atom is 0.410 e. The molecule has 0 radical (unpaired) electrons. The van der Waals surface area contributed by atoms with Crippen molar-refractivity contribution in [3.8, 4) is 0 Å². The molecule has 9 heteroatoms. The summed E-state index contributed by atoms with van der Waals surface area (Å²) in [5.41, 5.74) is 0.586. The van der Waals surface area contributed by atoms with Crippen LogP contribution in [0.25, 0.3) is 11.0 Å². The standard InChI is InChI=1S/C25H33N3O6/c1-25(2,3)34-24(31)28-8-6-7-19(28)17-13-16(23(30)26(4)5)14-18-20(29)15-21(33-22(17)18)27-9-11-32-12-10-27/h13-15,19H,6-12H2,1-5H3/t19-/m1/s1. The third-order valence-electron chi connectivity index (χ3n) is 6.06. The van der Waals surface area contributed by atoms with Crippen molar-refractivity contribution >= 4 is 28.9 Å². The van der Waals surface area contributed by atoms with Gasteiger partial charge in [-0.2, -0.15) is 0 Å². The molecule has 34 heavy (non-hydrogen) atoms. The SMILES string of the molecule is CN(C)C(=O)c1cc([C@H]2CCCN2C(=O)OC(C)(C)C)c2oc(N3CCOCC3)cc(=O)c2c1. The second kappa shape index (κ2) is 9.29. The lowest BCUT2D eigenvalue weighted by molar-refractivity contribution is 0.0225. The quantitative estimate of drug-likeness (QED) is 0.677. The van der Waals surface area contributed by atoms with Crippen LogP contribution in [0.1, 0.15) is 55.6 Å². The highest BCUT2D eigenvalue weighted by atomic mass is 16.6. The number of ether oxygens (including phenoxy) is 2. The van der Waals surface area contributed by atoms with Gasteiger partial charge in [-0.3, -0.25) is 9.59 Å². The van der Waals surface area contributed by atoms with E-state index in [1.165, 1.54) is 11.0 Å². The average molecular weight is 472 g/mol. The van der Waals surface area contributed by atoms with Crippen LogP contribution in [0.3, 0.4) is 0 Å². The van der Waals surface area contributed by atoms with Crippen LogP contribution in [0.15, 0.2) is 27.4 Å². The van der Waals surface area contributed by atoms with E-state index in [0.717, 1.165) is 6.42 Å². The summed E-state index contributed by atoms with van der Waals surface area (Å²) < 4.78 is 17.4. The van der Waals surface area contributed by atoms with Crippen LogP contribution in [0.5, 0.6) is 0 Å². The van der Waals surface area contributed by atoms with Gasteiger partial charge in [0.1, 0.15) is 11.2 Å². The van der Waals surface area contributed by atoms with Crippen molar-refractivity contribution in [1.82, 2.24) is 9.80 Å². The fraction of sp³-hybridized carbons (Fsp3) is 0.560. The zero-order valence-electron chi connectivity index (χ0n) is 20.6. The molecule has 4 rings (SSSR count). The van der Waals surface area contributed by atoms with Gasteiger partial charge in [0.25, 0.3) is 5.91 Å². The topological polar surface area (TPSA) is 92.5 Å². The van der Waals surface area contributed by atoms with Gasteiger partial charge < -0.3 is 28.6 Å². The van der Waals surface area contributed by atoms with Gasteiger partial charge in [0.2, 0.25) is 0 Å². The molecule has 1 aromatic carbocycles. The molecule has 0 spiro atoms. The largest absolute Gasteiger partial charge is 0.444 e. The molecular weight excluding hydrogens is 438 g/mol. The first kappa shape index (κ1) is 24.1. The zero-order valence-corrected chi connectivity index (χ0v) is 20.6. The van der Waals surface area contributed by atoms with Crippen molar-refractivity contribution in [3.05, 3.63) is 39.5 Å². The smallest absolute Gasteiger partial charge is 0.410 e. The second-order valence-electron chi connectivity index (χ2n) is 10.0. The van der Waals surface area contributed by atoms with Gasteiger partial charge in [0.15, 0.2) is 11.3 Å². The van der Waals surface area contributed by atoms with Crippen LogP contribution in [0.4, 0.5) is 10.7 Å². The number of rotatable bonds is 3. The van der Waals surface area contributed by atoms with Crippen molar-refractivity contribution in [2.24, 2.45) is 0 Å². The molecule has 0 aliphatic carbocycles. The van der Waals surface area contributed by atoms with E-state index in [1.807, 2.05) is 25.7 Å². The Balaban J connectivity index is 1.86. The van der Waals surface area contributed by atoms with Crippen LogP contribution >= 0.6 is 0 Å². The number of nitrogens with zero attached hydrogens (tertiary/aromatic N) is 3. The highest BCUT2D eigenvalue weighted by Crippen LogP contribution is 2.38. The number of carbonyl (C=O) groups is 2. The summed E-state index contributed by atoms with van der Waals surface area (Å²) in [6, 6.07) is 4.45. The predicted molar refractivity (Wildman–Crippen MR) is 128 cm³/mol. The molecule has 2 aliphatic heterocycles. The van der Waals surface area contributed by atoms with E-state index < -0.39 is 11.7 Å². The zero-order chi connectivity index (χ0) is 24.6. The minimum atomic E-state index is -0.634. The normalized spacial score (nSPS) is 18.9. The summed E-state index contributed by atoms with van der Waals surface area (Å²) >= 11 is 0. The minimum absolute atomic E-state index is 0.221. The number of benzene rings is 1. The Morgan fingerprint density at radius 3 is 2.44 bits per heavy atom. The molecule has 2 saturated heterocycles. The van der Waals surface area contributed by atoms with Crippen LogP contribution < -0.4 is 10.3 Å². The monoisotopic (exact) mass is 471 g/mol. The predicted octanol–water partition coefficient (Wildman–Crippen LogP) is 3.40. The lowest BCUT2D eigenvalue weighted by atomic mass is 9.97. The lowest BCUT2D eigenvalue weighted by Crippen LogP contribution is -2.37.